The second-order valence-electron chi connectivity index (χ2n) is 8.85. The first-order chi connectivity index (χ1) is 14.2. The predicted octanol–water partition coefficient (Wildman–Crippen LogP) is 3.54. The second kappa shape index (κ2) is 7.61. The van der Waals surface area contributed by atoms with Crippen LogP contribution in [0.5, 0.6) is 0 Å². The lowest BCUT2D eigenvalue weighted by atomic mass is 9.84. The number of hydrogen-bond acceptors (Lipinski definition) is 6. The highest BCUT2D eigenvalue weighted by Crippen LogP contribution is 2.40. The van der Waals surface area contributed by atoms with Crippen LogP contribution in [-0.4, -0.2) is 51.4 Å². The smallest absolute Gasteiger partial charge is 0.159 e. The summed E-state index contributed by atoms with van der Waals surface area (Å²) in [5.41, 5.74) is 7.31. The number of nitrogens with zero attached hydrogens (tertiary/aromatic N) is 4. The molecule has 3 aliphatic rings. The van der Waals surface area contributed by atoms with Crippen LogP contribution in [-0.2, 0) is 11.4 Å². The maximum absolute atomic E-state index is 6.12. The SMILES string of the molecule is CCn1ncc2c(NC3CCN(C)CC3)c(C3=CC4(CCCCC4)ON3)cnc21. The molecule has 156 valence electrons. The van der Waals surface area contributed by atoms with Crippen LogP contribution in [0.2, 0.25) is 0 Å². The van der Waals surface area contributed by atoms with Crippen molar-refractivity contribution < 1.29 is 4.84 Å². The minimum atomic E-state index is -0.152. The molecule has 1 aliphatic carbocycles. The predicted molar refractivity (Wildman–Crippen MR) is 115 cm³/mol. The van der Waals surface area contributed by atoms with Crippen molar-refractivity contribution in [2.75, 3.05) is 25.5 Å². The highest BCUT2D eigenvalue weighted by Gasteiger charge is 2.37. The molecule has 0 aromatic carbocycles. The Balaban J connectivity index is 1.53. The van der Waals surface area contributed by atoms with E-state index in [4.69, 9.17) is 9.82 Å². The highest BCUT2D eigenvalue weighted by molar-refractivity contribution is 5.95. The summed E-state index contributed by atoms with van der Waals surface area (Å²) in [6.45, 7) is 5.18. The molecule has 0 atom stereocenters. The quantitative estimate of drug-likeness (QED) is 0.824. The Morgan fingerprint density at radius 2 is 2.00 bits per heavy atom. The number of nitrogens with one attached hydrogen (secondary N) is 2. The average Bonchev–Trinajstić information content (AvgIpc) is 3.35. The van der Waals surface area contributed by atoms with Gasteiger partial charge in [-0.3, -0.25) is 10.3 Å². The minimum absolute atomic E-state index is 0.152. The maximum Gasteiger partial charge on any atom is 0.159 e. The van der Waals surface area contributed by atoms with Gasteiger partial charge in [0.15, 0.2) is 5.65 Å². The van der Waals surface area contributed by atoms with Crippen molar-refractivity contribution >= 4 is 22.4 Å². The Morgan fingerprint density at radius 3 is 2.76 bits per heavy atom. The van der Waals surface area contributed by atoms with Gasteiger partial charge in [-0.1, -0.05) is 19.3 Å². The van der Waals surface area contributed by atoms with Crippen molar-refractivity contribution in [3.8, 4) is 0 Å². The standard InChI is InChI=1S/C22H32N6O/c1-3-28-21-18(15-24-28)20(25-16-7-11-27(2)12-8-16)17(14-23-21)19-13-22(29-26-19)9-5-4-6-10-22/h13-16,26H,3-12H2,1-2H3,(H,23,25). The monoisotopic (exact) mass is 396 g/mol. The summed E-state index contributed by atoms with van der Waals surface area (Å²) in [7, 11) is 2.20. The Hall–Kier alpha value is -2.12. The van der Waals surface area contributed by atoms with Crippen LogP contribution >= 0.6 is 0 Å². The third-order valence-electron chi connectivity index (χ3n) is 6.79. The van der Waals surface area contributed by atoms with E-state index in [1.807, 2.05) is 17.1 Å². The van der Waals surface area contributed by atoms with E-state index in [1.54, 1.807) is 0 Å². The van der Waals surface area contributed by atoms with Gasteiger partial charge in [0.2, 0.25) is 0 Å². The van der Waals surface area contributed by atoms with Gasteiger partial charge < -0.3 is 10.2 Å². The van der Waals surface area contributed by atoms with E-state index in [9.17, 15) is 0 Å². The Morgan fingerprint density at radius 1 is 1.21 bits per heavy atom. The number of hydrogen-bond donors (Lipinski definition) is 2. The number of hydroxylamine groups is 1. The van der Waals surface area contributed by atoms with Gasteiger partial charge in [-0.2, -0.15) is 5.10 Å². The summed E-state index contributed by atoms with van der Waals surface area (Å²) >= 11 is 0. The molecule has 0 amide bonds. The van der Waals surface area contributed by atoms with Gasteiger partial charge in [-0.15, -0.1) is 0 Å². The van der Waals surface area contributed by atoms with Crippen LogP contribution in [0, 0.1) is 0 Å². The van der Waals surface area contributed by atoms with E-state index in [2.05, 4.69) is 40.8 Å². The summed E-state index contributed by atoms with van der Waals surface area (Å²) in [5, 5.41) is 9.52. The molecule has 4 heterocycles. The summed E-state index contributed by atoms with van der Waals surface area (Å²) in [4.78, 5) is 13.3. The first-order valence-electron chi connectivity index (χ1n) is 11.1. The summed E-state index contributed by atoms with van der Waals surface area (Å²) < 4.78 is 1.97. The lowest BCUT2D eigenvalue weighted by Crippen LogP contribution is -2.37. The van der Waals surface area contributed by atoms with E-state index in [0.717, 1.165) is 73.3 Å². The maximum atomic E-state index is 6.12. The molecular formula is C22H32N6O. The molecule has 5 rings (SSSR count). The Bertz CT molecular complexity index is 905. The van der Waals surface area contributed by atoms with E-state index in [1.165, 1.54) is 19.3 Å². The van der Waals surface area contributed by atoms with Gasteiger partial charge in [0.1, 0.15) is 5.60 Å². The third kappa shape index (κ3) is 3.51. The average molecular weight is 397 g/mol. The molecule has 7 nitrogen and oxygen atoms in total. The van der Waals surface area contributed by atoms with Crippen LogP contribution in [0.4, 0.5) is 5.69 Å². The minimum Gasteiger partial charge on any atom is -0.381 e. The summed E-state index contributed by atoms with van der Waals surface area (Å²) in [6, 6.07) is 0.465. The van der Waals surface area contributed by atoms with Crippen LogP contribution in [0.25, 0.3) is 16.7 Å². The molecular weight excluding hydrogens is 364 g/mol. The lowest BCUT2D eigenvalue weighted by Gasteiger charge is -2.31. The topological polar surface area (TPSA) is 67.2 Å². The lowest BCUT2D eigenvalue weighted by molar-refractivity contribution is -0.0557. The van der Waals surface area contributed by atoms with E-state index in [-0.39, 0.29) is 5.60 Å². The fourth-order valence-corrected chi connectivity index (χ4v) is 4.98. The first kappa shape index (κ1) is 18.9. The van der Waals surface area contributed by atoms with Crippen LogP contribution in [0.15, 0.2) is 18.5 Å². The van der Waals surface area contributed by atoms with E-state index in [0.29, 0.717) is 6.04 Å². The molecule has 1 saturated carbocycles. The first-order valence-corrected chi connectivity index (χ1v) is 11.1. The fraction of sp³-hybridized carbons (Fsp3) is 0.636. The highest BCUT2D eigenvalue weighted by atomic mass is 16.7. The van der Waals surface area contributed by atoms with Crippen LogP contribution < -0.4 is 10.8 Å². The van der Waals surface area contributed by atoms with Gasteiger partial charge in [0.25, 0.3) is 0 Å². The molecule has 2 aromatic rings. The third-order valence-corrected chi connectivity index (χ3v) is 6.79. The molecule has 2 N–H and O–H groups in total. The number of piperidine rings is 1. The molecule has 0 radical (unpaired) electrons. The van der Waals surface area contributed by atoms with Crippen molar-refractivity contribution in [1.29, 1.82) is 0 Å². The number of aromatic nitrogens is 3. The van der Waals surface area contributed by atoms with Crippen molar-refractivity contribution in [2.24, 2.45) is 0 Å². The molecule has 0 unspecified atom stereocenters. The molecule has 7 heteroatoms. The van der Waals surface area contributed by atoms with Crippen LogP contribution in [0.1, 0.15) is 57.4 Å². The molecule has 0 bridgehead atoms. The van der Waals surface area contributed by atoms with E-state index >= 15 is 0 Å². The summed E-state index contributed by atoms with van der Waals surface area (Å²) in [5.74, 6) is 0. The number of aryl methyl sites for hydroxylation is 1. The van der Waals surface area contributed by atoms with Gasteiger partial charge in [0.05, 0.1) is 23.0 Å². The molecule has 29 heavy (non-hydrogen) atoms. The molecule has 2 aliphatic heterocycles. The fourth-order valence-electron chi connectivity index (χ4n) is 4.98. The number of pyridine rings is 1. The van der Waals surface area contributed by atoms with Crippen molar-refractivity contribution in [1.82, 2.24) is 25.1 Å². The van der Waals surface area contributed by atoms with Crippen molar-refractivity contribution in [3.63, 3.8) is 0 Å². The number of rotatable bonds is 4. The van der Waals surface area contributed by atoms with E-state index < -0.39 is 0 Å². The Kier molecular flexibility index (Phi) is 4.95. The van der Waals surface area contributed by atoms with Gasteiger partial charge in [0, 0.05) is 24.3 Å². The van der Waals surface area contributed by atoms with Crippen LogP contribution in [0.3, 0.4) is 0 Å². The van der Waals surface area contributed by atoms with Gasteiger partial charge in [-0.05, 0) is 58.8 Å². The zero-order valence-electron chi connectivity index (χ0n) is 17.6. The number of fused-ring (bicyclic) bond motifs is 1. The second-order valence-corrected chi connectivity index (χ2v) is 8.85. The van der Waals surface area contributed by atoms with Crippen molar-refractivity contribution in [2.45, 2.75) is 70.1 Å². The van der Waals surface area contributed by atoms with Gasteiger partial charge in [-0.25, -0.2) is 9.67 Å². The summed E-state index contributed by atoms with van der Waals surface area (Å²) in [6.07, 6.45) is 14.5. The zero-order valence-corrected chi connectivity index (χ0v) is 17.6. The number of anilines is 1. The normalized spacial score (nSPS) is 22.8. The zero-order chi connectivity index (χ0) is 19.8. The van der Waals surface area contributed by atoms with Gasteiger partial charge >= 0.3 is 0 Å². The molecule has 1 saturated heterocycles. The number of likely N-dealkylation sites (tertiary alicyclic amines) is 1. The molecule has 2 aromatic heterocycles. The Labute approximate surface area is 172 Å². The molecule has 2 fully saturated rings. The largest absolute Gasteiger partial charge is 0.381 e. The van der Waals surface area contributed by atoms with Crippen molar-refractivity contribution in [3.05, 3.63) is 24.0 Å². The molecule has 1 spiro atoms.